The number of nitrogens with one attached hydrogen (secondary N) is 2. The van der Waals surface area contributed by atoms with Crippen molar-refractivity contribution in [3.05, 3.63) is 83.3 Å². The summed E-state index contributed by atoms with van der Waals surface area (Å²) >= 11 is 0. The highest BCUT2D eigenvalue weighted by Crippen LogP contribution is 2.21. The maximum absolute atomic E-state index is 12.8. The Kier molecular flexibility index (Phi) is 6.46. The quantitative estimate of drug-likeness (QED) is 0.584. The average Bonchev–Trinajstić information content (AvgIpc) is 3.33. The van der Waals surface area contributed by atoms with Gasteiger partial charge in [0.05, 0.1) is 37.3 Å². The van der Waals surface area contributed by atoms with Crippen LogP contribution in [-0.2, 0) is 9.47 Å². The van der Waals surface area contributed by atoms with Crippen LogP contribution in [-0.4, -0.2) is 38.0 Å². The van der Waals surface area contributed by atoms with E-state index in [0.29, 0.717) is 5.69 Å². The summed E-state index contributed by atoms with van der Waals surface area (Å²) < 4.78 is 14.4. The fourth-order valence-corrected chi connectivity index (χ4v) is 2.71. The molecule has 9 nitrogen and oxygen atoms in total. The number of furan rings is 1. The van der Waals surface area contributed by atoms with Crippen LogP contribution in [0.15, 0.2) is 65.3 Å². The van der Waals surface area contributed by atoms with Crippen molar-refractivity contribution in [1.29, 1.82) is 0 Å². The molecule has 3 aromatic rings. The van der Waals surface area contributed by atoms with Crippen LogP contribution in [0.2, 0.25) is 0 Å². The summed E-state index contributed by atoms with van der Waals surface area (Å²) in [6.45, 7) is 0. The largest absolute Gasteiger partial charge is 0.465 e. The molecule has 3 rings (SSSR count). The Morgan fingerprint density at radius 1 is 0.774 bits per heavy atom. The number of amides is 2. The van der Waals surface area contributed by atoms with Crippen molar-refractivity contribution in [2.75, 3.05) is 24.9 Å². The second kappa shape index (κ2) is 9.40. The van der Waals surface area contributed by atoms with E-state index in [4.69, 9.17) is 9.15 Å². The van der Waals surface area contributed by atoms with Crippen molar-refractivity contribution in [3.8, 4) is 0 Å². The van der Waals surface area contributed by atoms with Crippen molar-refractivity contribution < 1.29 is 33.1 Å². The minimum Gasteiger partial charge on any atom is -0.465 e. The zero-order valence-corrected chi connectivity index (χ0v) is 16.6. The predicted molar refractivity (Wildman–Crippen MR) is 110 cm³/mol. The normalized spacial score (nSPS) is 10.1. The summed E-state index contributed by atoms with van der Waals surface area (Å²) in [5.41, 5.74) is 0.850. The van der Waals surface area contributed by atoms with E-state index in [1.165, 1.54) is 56.9 Å². The van der Waals surface area contributed by atoms with Crippen LogP contribution >= 0.6 is 0 Å². The lowest BCUT2D eigenvalue weighted by molar-refractivity contribution is 0.0587. The summed E-state index contributed by atoms with van der Waals surface area (Å²) in [7, 11) is 2.42. The molecule has 0 atom stereocenters. The Hall–Kier alpha value is -4.40. The average molecular weight is 422 g/mol. The molecule has 0 aliphatic heterocycles. The van der Waals surface area contributed by atoms with E-state index in [9.17, 15) is 19.2 Å². The molecule has 2 amide bonds. The Morgan fingerprint density at radius 3 is 2.23 bits per heavy atom. The van der Waals surface area contributed by atoms with Gasteiger partial charge in [-0.3, -0.25) is 9.59 Å². The predicted octanol–water partition coefficient (Wildman–Crippen LogP) is 3.36. The minimum atomic E-state index is -0.689. The van der Waals surface area contributed by atoms with Gasteiger partial charge in [0.1, 0.15) is 0 Å². The van der Waals surface area contributed by atoms with Gasteiger partial charge in [-0.15, -0.1) is 0 Å². The molecule has 9 heteroatoms. The minimum absolute atomic E-state index is 0.0609. The summed E-state index contributed by atoms with van der Waals surface area (Å²) in [6, 6.07) is 13.3. The molecule has 0 saturated carbocycles. The molecule has 1 aromatic heterocycles. The zero-order chi connectivity index (χ0) is 22.4. The Labute approximate surface area is 177 Å². The number of esters is 2. The molecule has 31 heavy (non-hydrogen) atoms. The van der Waals surface area contributed by atoms with Crippen molar-refractivity contribution in [1.82, 2.24) is 0 Å². The first-order chi connectivity index (χ1) is 14.9. The molecular weight excluding hydrogens is 404 g/mol. The first-order valence-electron chi connectivity index (χ1n) is 9.00. The first-order valence-corrected chi connectivity index (χ1v) is 9.00. The number of anilines is 2. The van der Waals surface area contributed by atoms with E-state index < -0.39 is 23.8 Å². The molecule has 0 aliphatic rings. The summed E-state index contributed by atoms with van der Waals surface area (Å²) in [5, 5.41) is 5.22. The molecule has 1 heterocycles. The third kappa shape index (κ3) is 4.96. The van der Waals surface area contributed by atoms with E-state index in [2.05, 4.69) is 15.4 Å². The molecule has 0 saturated heterocycles. The number of hydrogen-bond acceptors (Lipinski definition) is 7. The van der Waals surface area contributed by atoms with Crippen LogP contribution in [0.25, 0.3) is 0 Å². The van der Waals surface area contributed by atoms with Crippen molar-refractivity contribution in [2.24, 2.45) is 0 Å². The van der Waals surface area contributed by atoms with E-state index >= 15 is 0 Å². The lowest BCUT2D eigenvalue weighted by Gasteiger charge is -2.12. The van der Waals surface area contributed by atoms with Gasteiger partial charge in [-0.2, -0.15) is 0 Å². The first kappa shape index (κ1) is 21.3. The van der Waals surface area contributed by atoms with Crippen LogP contribution in [0.4, 0.5) is 11.4 Å². The molecule has 0 aliphatic carbocycles. The van der Waals surface area contributed by atoms with Gasteiger partial charge in [0, 0.05) is 11.3 Å². The highest BCUT2D eigenvalue weighted by molar-refractivity contribution is 6.10. The number of carbonyl (C=O) groups is 4. The summed E-state index contributed by atoms with van der Waals surface area (Å²) in [4.78, 5) is 48.8. The van der Waals surface area contributed by atoms with Gasteiger partial charge >= 0.3 is 11.9 Å². The number of benzene rings is 2. The highest BCUT2D eigenvalue weighted by atomic mass is 16.5. The summed E-state index contributed by atoms with van der Waals surface area (Å²) in [5.74, 6) is -2.24. The number of ether oxygens (including phenoxy) is 2. The van der Waals surface area contributed by atoms with Gasteiger partial charge in [0.2, 0.25) is 0 Å². The SMILES string of the molecule is COC(=O)c1ccc(C(=O)OC)c(NC(=O)c2cccc(NC(=O)c3ccco3)c2)c1. The second-order valence-electron chi connectivity index (χ2n) is 6.21. The van der Waals surface area contributed by atoms with E-state index in [-0.39, 0.29) is 28.1 Å². The fraction of sp³-hybridized carbons (Fsp3) is 0.0909. The molecule has 0 spiro atoms. The number of rotatable bonds is 6. The van der Waals surface area contributed by atoms with Crippen molar-refractivity contribution in [3.63, 3.8) is 0 Å². The number of methoxy groups -OCH3 is 2. The van der Waals surface area contributed by atoms with Crippen molar-refractivity contribution in [2.45, 2.75) is 0 Å². The van der Waals surface area contributed by atoms with Crippen LogP contribution in [0, 0.1) is 0 Å². The lowest BCUT2D eigenvalue weighted by atomic mass is 10.1. The van der Waals surface area contributed by atoms with E-state index in [0.717, 1.165) is 0 Å². The second-order valence-corrected chi connectivity index (χ2v) is 6.21. The Bertz CT molecular complexity index is 1140. The fourth-order valence-electron chi connectivity index (χ4n) is 2.71. The molecule has 0 radical (unpaired) electrons. The third-order valence-electron chi connectivity index (χ3n) is 4.22. The highest BCUT2D eigenvalue weighted by Gasteiger charge is 2.18. The van der Waals surface area contributed by atoms with E-state index in [1.54, 1.807) is 18.2 Å². The smallest absolute Gasteiger partial charge is 0.339 e. The van der Waals surface area contributed by atoms with E-state index in [1.807, 2.05) is 0 Å². The lowest BCUT2D eigenvalue weighted by Crippen LogP contribution is -2.17. The molecule has 158 valence electrons. The van der Waals surface area contributed by atoms with Gasteiger partial charge in [-0.1, -0.05) is 6.07 Å². The van der Waals surface area contributed by atoms with Gasteiger partial charge in [0.15, 0.2) is 5.76 Å². The maximum Gasteiger partial charge on any atom is 0.339 e. The molecule has 2 N–H and O–H groups in total. The van der Waals surface area contributed by atoms with Crippen LogP contribution in [0.5, 0.6) is 0 Å². The topological polar surface area (TPSA) is 124 Å². The standard InChI is InChI=1S/C22H18N2O7/c1-29-21(27)14-8-9-16(22(28)30-2)17(12-14)24-19(25)13-5-3-6-15(11-13)23-20(26)18-7-4-10-31-18/h3-12H,1-2H3,(H,23,26)(H,24,25). The molecule has 0 unspecified atom stereocenters. The van der Waals surface area contributed by atoms with Gasteiger partial charge in [-0.25, -0.2) is 9.59 Å². The van der Waals surface area contributed by atoms with Gasteiger partial charge < -0.3 is 24.5 Å². The van der Waals surface area contributed by atoms with Gasteiger partial charge in [-0.05, 0) is 48.5 Å². The molecule has 0 fully saturated rings. The summed E-state index contributed by atoms with van der Waals surface area (Å²) in [6.07, 6.45) is 1.38. The van der Waals surface area contributed by atoms with Crippen LogP contribution < -0.4 is 10.6 Å². The molecule has 0 bridgehead atoms. The molecule has 2 aromatic carbocycles. The monoisotopic (exact) mass is 422 g/mol. The maximum atomic E-state index is 12.8. The third-order valence-corrected chi connectivity index (χ3v) is 4.22. The van der Waals surface area contributed by atoms with Crippen molar-refractivity contribution >= 4 is 35.1 Å². The zero-order valence-electron chi connectivity index (χ0n) is 16.6. The van der Waals surface area contributed by atoms with Crippen LogP contribution in [0.1, 0.15) is 41.6 Å². The number of carbonyl (C=O) groups excluding carboxylic acids is 4. The number of hydrogen-bond donors (Lipinski definition) is 2. The Balaban J connectivity index is 1.84. The van der Waals surface area contributed by atoms with Crippen LogP contribution in [0.3, 0.4) is 0 Å². The van der Waals surface area contributed by atoms with Gasteiger partial charge in [0.25, 0.3) is 11.8 Å². The Morgan fingerprint density at radius 2 is 1.55 bits per heavy atom. The molecular formula is C22H18N2O7.